The van der Waals surface area contributed by atoms with Crippen molar-refractivity contribution >= 4 is 30.0 Å². The number of amides is 3. The van der Waals surface area contributed by atoms with Crippen LogP contribution in [-0.4, -0.2) is 67.2 Å². The highest BCUT2D eigenvalue weighted by Crippen LogP contribution is 2.07. The van der Waals surface area contributed by atoms with E-state index in [1.54, 1.807) is 13.8 Å². The summed E-state index contributed by atoms with van der Waals surface area (Å²) in [7, 11) is 0. The number of hydrogen-bond acceptors (Lipinski definition) is 7. The fraction of sp³-hybridized carbons (Fsp3) is 0.750. The maximum atomic E-state index is 12.9. The lowest BCUT2D eigenvalue weighted by Crippen LogP contribution is -2.57. The Kier molecular flexibility index (Phi) is 14.6. The Bertz CT molecular complexity index is 637. The van der Waals surface area contributed by atoms with Gasteiger partial charge in [0.15, 0.2) is 5.96 Å². The number of nitrogens with two attached hydrogens (primary N) is 4. The second kappa shape index (κ2) is 16.0. The van der Waals surface area contributed by atoms with Crippen molar-refractivity contribution in [2.75, 3.05) is 13.1 Å². The molecule has 0 aliphatic heterocycles. The van der Waals surface area contributed by atoms with Gasteiger partial charge in [0.1, 0.15) is 18.4 Å². The van der Waals surface area contributed by atoms with Gasteiger partial charge in [-0.3, -0.25) is 19.4 Å². The van der Waals surface area contributed by atoms with Crippen LogP contribution < -0.4 is 38.9 Å². The SMILES string of the molecule is CC(C)[C@H](NC(=O)[C@H](CCCN=C(N)N)NC(=O)[C@@H](N)CCCCN)C(=O)N[C@@H](C)C=O. The maximum absolute atomic E-state index is 12.9. The van der Waals surface area contributed by atoms with E-state index in [1.807, 2.05) is 0 Å². The third-order valence-electron chi connectivity index (χ3n) is 4.71. The lowest BCUT2D eigenvalue weighted by Gasteiger charge is -2.26. The van der Waals surface area contributed by atoms with Crippen molar-refractivity contribution < 1.29 is 19.2 Å². The standard InChI is InChI=1S/C20H40N8O4/c1-12(2)16(19(32)26-13(3)11-29)28-18(31)15(8-6-10-25-20(23)24)27-17(30)14(22)7-4-5-9-21/h11-16H,4-10,21-22H2,1-3H3,(H,26,32)(H,27,30)(H,28,31)(H4,23,24,25)/t13-,14-,15-,16-/m0/s1. The van der Waals surface area contributed by atoms with Crippen LogP contribution in [0.15, 0.2) is 4.99 Å². The molecule has 0 aromatic heterocycles. The van der Waals surface area contributed by atoms with Crippen molar-refractivity contribution in [1.82, 2.24) is 16.0 Å². The summed E-state index contributed by atoms with van der Waals surface area (Å²) in [4.78, 5) is 52.6. The Morgan fingerprint density at radius 2 is 1.56 bits per heavy atom. The molecule has 0 spiro atoms. The monoisotopic (exact) mass is 456 g/mol. The van der Waals surface area contributed by atoms with E-state index in [0.717, 1.165) is 6.42 Å². The predicted molar refractivity (Wildman–Crippen MR) is 123 cm³/mol. The Morgan fingerprint density at radius 1 is 0.906 bits per heavy atom. The summed E-state index contributed by atoms with van der Waals surface area (Å²) in [5.41, 5.74) is 22.0. The number of rotatable bonds is 16. The molecule has 4 atom stereocenters. The van der Waals surface area contributed by atoms with Crippen LogP contribution in [0, 0.1) is 5.92 Å². The Hall–Kier alpha value is -2.73. The smallest absolute Gasteiger partial charge is 0.243 e. The van der Waals surface area contributed by atoms with E-state index in [2.05, 4.69) is 20.9 Å². The summed E-state index contributed by atoms with van der Waals surface area (Å²) in [6, 6.07) is -3.30. The molecule has 0 radical (unpaired) electrons. The number of unbranched alkanes of at least 4 members (excludes halogenated alkanes) is 1. The average molecular weight is 457 g/mol. The fourth-order valence-electron chi connectivity index (χ4n) is 2.83. The lowest BCUT2D eigenvalue weighted by molar-refractivity contribution is -0.133. The number of hydrogen-bond donors (Lipinski definition) is 7. The van der Waals surface area contributed by atoms with Gasteiger partial charge in [-0.1, -0.05) is 20.3 Å². The minimum Gasteiger partial charge on any atom is -0.370 e. The van der Waals surface area contributed by atoms with Gasteiger partial charge in [0.25, 0.3) is 0 Å². The number of carbonyl (C=O) groups is 4. The molecule has 12 nitrogen and oxygen atoms in total. The van der Waals surface area contributed by atoms with Crippen molar-refractivity contribution in [3.8, 4) is 0 Å². The second-order valence-corrected chi connectivity index (χ2v) is 8.06. The van der Waals surface area contributed by atoms with E-state index in [9.17, 15) is 19.2 Å². The Balaban J connectivity index is 5.27. The predicted octanol–water partition coefficient (Wildman–Crippen LogP) is -2.17. The number of nitrogens with zero attached hydrogens (tertiary/aromatic N) is 1. The van der Waals surface area contributed by atoms with Gasteiger partial charge in [0.2, 0.25) is 17.7 Å². The molecule has 32 heavy (non-hydrogen) atoms. The van der Waals surface area contributed by atoms with E-state index in [1.165, 1.54) is 6.92 Å². The van der Waals surface area contributed by atoms with Crippen LogP contribution in [0.2, 0.25) is 0 Å². The minimum absolute atomic E-state index is 0.0715. The Morgan fingerprint density at radius 3 is 2.09 bits per heavy atom. The summed E-state index contributed by atoms with van der Waals surface area (Å²) < 4.78 is 0. The lowest BCUT2D eigenvalue weighted by atomic mass is 10.0. The molecular formula is C20H40N8O4. The molecule has 11 N–H and O–H groups in total. The van der Waals surface area contributed by atoms with E-state index in [0.29, 0.717) is 32.1 Å². The van der Waals surface area contributed by atoms with Gasteiger partial charge in [0.05, 0.1) is 12.1 Å². The number of carbonyl (C=O) groups excluding carboxylic acids is 4. The first kappa shape index (κ1) is 29.3. The summed E-state index contributed by atoms with van der Waals surface area (Å²) in [5, 5.41) is 7.85. The van der Waals surface area contributed by atoms with Gasteiger partial charge in [-0.2, -0.15) is 0 Å². The molecule has 0 aromatic carbocycles. The zero-order valence-electron chi connectivity index (χ0n) is 19.3. The third-order valence-corrected chi connectivity index (χ3v) is 4.71. The first-order valence-corrected chi connectivity index (χ1v) is 10.9. The Labute approximate surface area is 189 Å². The van der Waals surface area contributed by atoms with Crippen LogP contribution in [0.4, 0.5) is 0 Å². The van der Waals surface area contributed by atoms with Crippen LogP contribution >= 0.6 is 0 Å². The molecule has 0 fully saturated rings. The molecule has 0 saturated heterocycles. The number of guanidine groups is 1. The van der Waals surface area contributed by atoms with Crippen molar-refractivity contribution in [2.24, 2.45) is 33.8 Å². The van der Waals surface area contributed by atoms with Crippen molar-refractivity contribution in [3.63, 3.8) is 0 Å². The molecular weight excluding hydrogens is 416 g/mol. The molecule has 0 unspecified atom stereocenters. The van der Waals surface area contributed by atoms with E-state index < -0.39 is 41.9 Å². The zero-order chi connectivity index (χ0) is 24.7. The van der Waals surface area contributed by atoms with Gasteiger partial charge in [-0.05, 0) is 45.1 Å². The minimum atomic E-state index is -0.935. The average Bonchev–Trinajstić information content (AvgIpc) is 2.73. The second-order valence-electron chi connectivity index (χ2n) is 8.06. The number of nitrogens with one attached hydrogen (secondary N) is 3. The van der Waals surface area contributed by atoms with E-state index >= 15 is 0 Å². The molecule has 0 aliphatic carbocycles. The third kappa shape index (κ3) is 12.2. The molecule has 3 amide bonds. The van der Waals surface area contributed by atoms with Crippen LogP contribution in [-0.2, 0) is 19.2 Å². The van der Waals surface area contributed by atoms with Crippen LogP contribution in [0.25, 0.3) is 0 Å². The molecule has 184 valence electrons. The molecule has 0 saturated carbocycles. The summed E-state index contributed by atoms with van der Waals surface area (Å²) in [6.07, 6.45) is 3.12. The number of aldehydes is 1. The molecule has 0 aliphatic rings. The molecule has 0 bridgehead atoms. The van der Waals surface area contributed by atoms with Gasteiger partial charge in [-0.25, -0.2) is 0 Å². The van der Waals surface area contributed by atoms with Gasteiger partial charge in [-0.15, -0.1) is 0 Å². The largest absolute Gasteiger partial charge is 0.370 e. The van der Waals surface area contributed by atoms with Crippen molar-refractivity contribution in [3.05, 3.63) is 0 Å². The maximum Gasteiger partial charge on any atom is 0.243 e. The summed E-state index contributed by atoms with van der Waals surface area (Å²) in [5.74, 6) is -1.82. The van der Waals surface area contributed by atoms with Crippen LogP contribution in [0.3, 0.4) is 0 Å². The number of aliphatic imine (C=N–C) groups is 1. The highest BCUT2D eigenvalue weighted by atomic mass is 16.2. The molecule has 12 heteroatoms. The van der Waals surface area contributed by atoms with Gasteiger partial charge >= 0.3 is 0 Å². The first-order chi connectivity index (χ1) is 15.0. The molecule has 0 rings (SSSR count). The highest BCUT2D eigenvalue weighted by Gasteiger charge is 2.30. The molecule has 0 aromatic rings. The highest BCUT2D eigenvalue weighted by molar-refractivity contribution is 5.93. The van der Waals surface area contributed by atoms with Gasteiger partial charge in [0, 0.05) is 6.54 Å². The van der Waals surface area contributed by atoms with E-state index in [4.69, 9.17) is 22.9 Å². The zero-order valence-corrected chi connectivity index (χ0v) is 19.3. The van der Waals surface area contributed by atoms with Gasteiger partial charge < -0.3 is 43.7 Å². The first-order valence-electron chi connectivity index (χ1n) is 10.9. The van der Waals surface area contributed by atoms with Crippen LogP contribution in [0.1, 0.15) is 52.9 Å². The fourth-order valence-corrected chi connectivity index (χ4v) is 2.83. The quantitative estimate of drug-likeness (QED) is 0.0584. The van der Waals surface area contributed by atoms with E-state index in [-0.39, 0.29) is 24.8 Å². The van der Waals surface area contributed by atoms with Crippen molar-refractivity contribution in [1.29, 1.82) is 0 Å². The topological polar surface area (TPSA) is 221 Å². The molecule has 0 heterocycles. The van der Waals surface area contributed by atoms with Crippen molar-refractivity contribution in [2.45, 2.75) is 77.0 Å². The summed E-state index contributed by atoms with van der Waals surface area (Å²) in [6.45, 7) is 5.83. The normalized spacial score (nSPS) is 14.6. The summed E-state index contributed by atoms with van der Waals surface area (Å²) >= 11 is 0. The van der Waals surface area contributed by atoms with Crippen LogP contribution in [0.5, 0.6) is 0 Å².